The lowest BCUT2D eigenvalue weighted by molar-refractivity contribution is -0.0720. The molecule has 60 valence electrons. The van der Waals surface area contributed by atoms with E-state index in [9.17, 15) is 0 Å². The van der Waals surface area contributed by atoms with Crippen LogP contribution in [0.3, 0.4) is 0 Å². The summed E-state index contributed by atoms with van der Waals surface area (Å²) in [6.07, 6.45) is -0.264. The number of hydrogen-bond acceptors (Lipinski definition) is 4. The van der Waals surface area contributed by atoms with Gasteiger partial charge in [0.1, 0.15) is 0 Å². The molecule has 0 aromatic carbocycles. The van der Waals surface area contributed by atoms with E-state index >= 15 is 0 Å². The van der Waals surface area contributed by atoms with Crippen molar-refractivity contribution in [1.82, 2.24) is 0 Å². The smallest absolute Gasteiger partial charge is 0.174 e. The summed E-state index contributed by atoms with van der Waals surface area (Å²) < 4.78 is 15.1. The molecule has 10 heavy (non-hydrogen) atoms. The summed E-state index contributed by atoms with van der Waals surface area (Å²) >= 11 is 0. The first-order chi connectivity index (χ1) is 4.84. The maximum absolute atomic E-state index is 5.61. The monoisotopic (exact) mass is 147 g/mol. The molecule has 1 rings (SSSR count). The molecular weight excluding hydrogens is 134 g/mol. The Kier molecular flexibility index (Phi) is 3.08. The molecule has 0 saturated carbocycles. The molecule has 2 N–H and O–H groups in total. The van der Waals surface area contributed by atoms with Gasteiger partial charge in [-0.05, 0) is 0 Å². The van der Waals surface area contributed by atoms with Gasteiger partial charge in [0.2, 0.25) is 0 Å². The number of hydrogen-bond donors (Lipinski definition) is 1. The Hall–Kier alpha value is -0.160. The van der Waals surface area contributed by atoms with Crippen LogP contribution in [0.4, 0.5) is 0 Å². The average Bonchev–Trinajstić information content (AvgIpc) is 2.38. The van der Waals surface area contributed by atoms with Crippen molar-refractivity contribution >= 4 is 0 Å². The molecule has 0 aliphatic carbocycles. The van der Waals surface area contributed by atoms with Crippen molar-refractivity contribution in [2.75, 3.05) is 26.9 Å². The molecule has 4 heteroatoms. The lowest BCUT2D eigenvalue weighted by Crippen LogP contribution is -2.39. The van der Waals surface area contributed by atoms with Gasteiger partial charge in [-0.3, -0.25) is 0 Å². The minimum absolute atomic E-state index is 0.160. The van der Waals surface area contributed by atoms with Crippen molar-refractivity contribution in [3.8, 4) is 0 Å². The zero-order valence-corrected chi connectivity index (χ0v) is 6.08. The maximum Gasteiger partial charge on any atom is 0.174 e. The zero-order valence-electron chi connectivity index (χ0n) is 6.08. The van der Waals surface area contributed by atoms with Crippen molar-refractivity contribution in [3.05, 3.63) is 0 Å². The summed E-state index contributed by atoms with van der Waals surface area (Å²) in [6.45, 7) is 1.76. The van der Waals surface area contributed by atoms with E-state index in [1.807, 2.05) is 0 Å². The van der Waals surface area contributed by atoms with Crippen LogP contribution in [0.15, 0.2) is 0 Å². The first-order valence-electron chi connectivity index (χ1n) is 3.32. The standard InChI is InChI=1S/C6H13NO3/c1-8-4-5(7)6-9-2-3-10-6/h5-6H,2-4,7H2,1H3. The average molecular weight is 147 g/mol. The van der Waals surface area contributed by atoms with Gasteiger partial charge in [-0.2, -0.15) is 0 Å². The van der Waals surface area contributed by atoms with Gasteiger partial charge in [-0.15, -0.1) is 0 Å². The Morgan fingerprint density at radius 3 is 2.70 bits per heavy atom. The summed E-state index contributed by atoms with van der Waals surface area (Å²) in [4.78, 5) is 0. The molecule has 1 unspecified atom stereocenters. The van der Waals surface area contributed by atoms with E-state index in [4.69, 9.17) is 19.9 Å². The molecule has 1 fully saturated rings. The summed E-state index contributed by atoms with van der Waals surface area (Å²) in [5.41, 5.74) is 5.61. The third-order valence-corrected chi connectivity index (χ3v) is 1.36. The fourth-order valence-corrected chi connectivity index (χ4v) is 0.895. The van der Waals surface area contributed by atoms with E-state index in [0.29, 0.717) is 19.8 Å². The lowest BCUT2D eigenvalue weighted by Gasteiger charge is -2.15. The van der Waals surface area contributed by atoms with Crippen LogP contribution in [0.1, 0.15) is 0 Å². The molecule has 1 saturated heterocycles. The van der Waals surface area contributed by atoms with Crippen molar-refractivity contribution in [2.45, 2.75) is 12.3 Å². The predicted molar refractivity (Wildman–Crippen MR) is 35.5 cm³/mol. The van der Waals surface area contributed by atoms with Crippen molar-refractivity contribution in [2.24, 2.45) is 5.73 Å². The SMILES string of the molecule is COCC(N)C1OCCO1. The Labute approximate surface area is 60.2 Å². The second-order valence-electron chi connectivity index (χ2n) is 2.23. The molecular formula is C6H13NO3. The minimum atomic E-state index is -0.264. The van der Waals surface area contributed by atoms with Crippen molar-refractivity contribution in [1.29, 1.82) is 0 Å². The van der Waals surface area contributed by atoms with Gasteiger partial charge in [0.25, 0.3) is 0 Å². The summed E-state index contributed by atoms with van der Waals surface area (Å²) in [7, 11) is 1.61. The fraction of sp³-hybridized carbons (Fsp3) is 1.00. The summed E-state index contributed by atoms with van der Waals surface area (Å²) in [5, 5.41) is 0. The van der Waals surface area contributed by atoms with Crippen LogP contribution in [0, 0.1) is 0 Å². The highest BCUT2D eigenvalue weighted by Crippen LogP contribution is 2.06. The van der Waals surface area contributed by atoms with Crippen LogP contribution in [0.5, 0.6) is 0 Å². The number of methoxy groups -OCH3 is 1. The Morgan fingerprint density at radius 2 is 2.20 bits per heavy atom. The Bertz CT molecular complexity index is 93.0. The first kappa shape index (κ1) is 7.94. The van der Waals surface area contributed by atoms with Gasteiger partial charge in [0.05, 0.1) is 25.9 Å². The van der Waals surface area contributed by atoms with Gasteiger partial charge < -0.3 is 19.9 Å². The van der Waals surface area contributed by atoms with Gasteiger partial charge in [-0.25, -0.2) is 0 Å². The summed E-state index contributed by atoms with van der Waals surface area (Å²) in [6, 6.07) is -0.160. The van der Waals surface area contributed by atoms with E-state index in [2.05, 4.69) is 0 Å². The highest BCUT2D eigenvalue weighted by Gasteiger charge is 2.22. The maximum atomic E-state index is 5.61. The van der Waals surface area contributed by atoms with E-state index in [-0.39, 0.29) is 12.3 Å². The van der Waals surface area contributed by atoms with E-state index in [1.54, 1.807) is 7.11 Å². The molecule has 4 nitrogen and oxygen atoms in total. The summed E-state index contributed by atoms with van der Waals surface area (Å²) in [5.74, 6) is 0. The van der Waals surface area contributed by atoms with E-state index in [0.717, 1.165) is 0 Å². The number of rotatable bonds is 3. The molecule has 0 aromatic heterocycles. The minimum Gasteiger partial charge on any atom is -0.383 e. The van der Waals surface area contributed by atoms with Crippen LogP contribution in [0.2, 0.25) is 0 Å². The molecule has 1 heterocycles. The molecule has 0 aromatic rings. The van der Waals surface area contributed by atoms with Gasteiger partial charge >= 0.3 is 0 Å². The molecule has 0 amide bonds. The highest BCUT2D eigenvalue weighted by molar-refractivity contribution is 4.67. The van der Waals surface area contributed by atoms with Gasteiger partial charge in [0, 0.05) is 7.11 Å². The van der Waals surface area contributed by atoms with E-state index in [1.165, 1.54) is 0 Å². The zero-order chi connectivity index (χ0) is 7.40. The molecule has 0 bridgehead atoms. The Balaban J connectivity index is 2.18. The number of ether oxygens (including phenoxy) is 3. The largest absolute Gasteiger partial charge is 0.383 e. The third kappa shape index (κ3) is 1.91. The van der Waals surface area contributed by atoms with Crippen LogP contribution >= 0.6 is 0 Å². The van der Waals surface area contributed by atoms with Gasteiger partial charge in [0.15, 0.2) is 6.29 Å². The Morgan fingerprint density at radius 1 is 1.60 bits per heavy atom. The molecule has 1 aliphatic heterocycles. The van der Waals surface area contributed by atoms with Crippen molar-refractivity contribution in [3.63, 3.8) is 0 Å². The van der Waals surface area contributed by atoms with Gasteiger partial charge in [-0.1, -0.05) is 0 Å². The first-order valence-corrected chi connectivity index (χ1v) is 3.32. The molecule has 0 radical (unpaired) electrons. The topological polar surface area (TPSA) is 53.7 Å². The highest BCUT2D eigenvalue weighted by atomic mass is 16.7. The second-order valence-corrected chi connectivity index (χ2v) is 2.23. The lowest BCUT2D eigenvalue weighted by atomic mass is 10.3. The molecule has 1 atom stereocenters. The predicted octanol–water partition coefficient (Wildman–Crippen LogP) is -0.667. The van der Waals surface area contributed by atoms with Crippen LogP contribution in [-0.4, -0.2) is 39.3 Å². The third-order valence-electron chi connectivity index (χ3n) is 1.36. The van der Waals surface area contributed by atoms with Crippen LogP contribution < -0.4 is 5.73 Å². The van der Waals surface area contributed by atoms with E-state index < -0.39 is 0 Å². The van der Waals surface area contributed by atoms with Crippen molar-refractivity contribution < 1.29 is 14.2 Å². The fourth-order valence-electron chi connectivity index (χ4n) is 0.895. The number of nitrogens with two attached hydrogens (primary N) is 1. The van der Waals surface area contributed by atoms with Crippen LogP contribution in [0.25, 0.3) is 0 Å². The molecule has 0 spiro atoms. The normalized spacial score (nSPS) is 23.4. The molecule has 1 aliphatic rings. The second kappa shape index (κ2) is 3.88. The quantitative estimate of drug-likeness (QED) is 0.575. The van der Waals surface area contributed by atoms with Crippen LogP contribution in [-0.2, 0) is 14.2 Å².